The summed E-state index contributed by atoms with van der Waals surface area (Å²) >= 11 is 0. The van der Waals surface area contributed by atoms with Crippen LogP contribution in [0.5, 0.6) is 0 Å². The fourth-order valence-corrected chi connectivity index (χ4v) is 3.05. The normalized spacial score (nSPS) is 29.5. The lowest BCUT2D eigenvalue weighted by atomic mass is 9.51. The van der Waals surface area contributed by atoms with E-state index in [9.17, 15) is 0 Å². The number of nitrogens with zero attached hydrogens (tertiary/aromatic N) is 1. The molecule has 90 valence electrons. The maximum atomic E-state index is 4.00. The molecule has 3 atom stereocenters. The highest BCUT2D eigenvalue weighted by atomic mass is 14.7. The molecule has 1 aliphatic carbocycles. The zero-order valence-electron chi connectivity index (χ0n) is 11.5. The molecule has 1 fully saturated rings. The average molecular weight is 211 g/mol. The van der Waals surface area contributed by atoms with Gasteiger partial charge in [0.2, 0.25) is 0 Å². The number of hydrogen-bond donors (Lipinski definition) is 0. The van der Waals surface area contributed by atoms with Crippen molar-refractivity contribution in [3.8, 4) is 0 Å². The summed E-state index contributed by atoms with van der Waals surface area (Å²) in [5.41, 5.74) is 0.541. The lowest BCUT2D eigenvalue weighted by molar-refractivity contribution is -0.0523. The van der Waals surface area contributed by atoms with Crippen LogP contribution in [0.1, 0.15) is 54.4 Å². The van der Waals surface area contributed by atoms with Crippen molar-refractivity contribution in [3.05, 3.63) is 0 Å². The molecule has 1 saturated carbocycles. The van der Waals surface area contributed by atoms with Gasteiger partial charge in [-0.15, -0.1) is 0 Å². The van der Waals surface area contributed by atoms with Crippen LogP contribution in [0, 0.1) is 23.2 Å². The van der Waals surface area contributed by atoms with Crippen LogP contribution in [0.2, 0.25) is 0 Å². The zero-order valence-corrected chi connectivity index (χ0v) is 11.5. The maximum absolute atomic E-state index is 4.00. The first-order valence-electron chi connectivity index (χ1n) is 6.46. The third-order valence-corrected chi connectivity index (χ3v) is 4.14. The minimum Gasteiger partial charge on any atom is -0.301 e. The Hall–Kier alpha value is -0.330. The molecule has 1 nitrogen and oxygen atoms in total. The van der Waals surface area contributed by atoms with Gasteiger partial charge in [0.25, 0.3) is 0 Å². The number of aliphatic imine (C=N–C) groups is 1. The molecule has 1 aliphatic rings. The van der Waals surface area contributed by atoms with Crippen molar-refractivity contribution in [2.24, 2.45) is 28.2 Å². The minimum atomic E-state index is 0.541. The Morgan fingerprint density at radius 1 is 1.40 bits per heavy atom. The van der Waals surface area contributed by atoms with Crippen molar-refractivity contribution >= 4 is 6.72 Å². The van der Waals surface area contributed by atoms with Gasteiger partial charge in [-0.25, -0.2) is 0 Å². The molecule has 15 heavy (non-hydrogen) atoms. The predicted octanol–water partition coefficient (Wildman–Crippen LogP) is 4.42. The monoisotopic (exact) mass is 211 g/mol. The highest BCUT2D eigenvalue weighted by Crippen LogP contribution is 2.55. The molecular weight excluding hydrogens is 182 g/mol. The van der Waals surface area contributed by atoms with Gasteiger partial charge in [0, 0.05) is 6.54 Å². The van der Waals surface area contributed by atoms with Crippen LogP contribution < -0.4 is 0 Å². The molecule has 0 aliphatic heterocycles. The van der Waals surface area contributed by atoms with E-state index in [-0.39, 0.29) is 0 Å². The van der Waals surface area contributed by atoms with Crippen LogP contribution in [0.15, 0.2) is 4.99 Å². The molecule has 0 bridgehead atoms. The molecule has 0 heterocycles. The quantitative estimate of drug-likeness (QED) is 0.610. The van der Waals surface area contributed by atoms with Gasteiger partial charge in [0.05, 0.1) is 0 Å². The highest BCUT2D eigenvalue weighted by molar-refractivity contribution is 5.23. The summed E-state index contributed by atoms with van der Waals surface area (Å²) in [4.78, 5) is 4.00. The Bertz CT molecular complexity index is 184. The van der Waals surface area contributed by atoms with Crippen LogP contribution >= 0.6 is 0 Å². The topological polar surface area (TPSA) is 12.4 Å². The summed E-state index contributed by atoms with van der Waals surface area (Å²) in [6.45, 7) is 18.0. The van der Waals surface area contributed by atoms with Gasteiger partial charge in [0.15, 0.2) is 0 Å². The predicted molar refractivity (Wildman–Crippen MR) is 70.6 cm³/mol. The summed E-state index contributed by atoms with van der Waals surface area (Å²) in [5, 5.41) is 0. The van der Waals surface area contributed by atoms with E-state index < -0.39 is 0 Å². The Labute approximate surface area is 96.4 Å². The molecule has 0 unspecified atom stereocenters. The second kappa shape index (κ2) is 6.30. The molecule has 1 rings (SSSR count). The summed E-state index contributed by atoms with van der Waals surface area (Å²) in [6.07, 6.45) is 2.73. The molecule has 0 amide bonds. The van der Waals surface area contributed by atoms with E-state index in [0.29, 0.717) is 5.41 Å². The van der Waals surface area contributed by atoms with E-state index in [1.165, 1.54) is 12.8 Å². The van der Waals surface area contributed by atoms with Crippen molar-refractivity contribution in [2.45, 2.75) is 54.4 Å². The third-order valence-electron chi connectivity index (χ3n) is 4.14. The van der Waals surface area contributed by atoms with Crippen molar-refractivity contribution in [1.82, 2.24) is 0 Å². The molecule has 0 spiro atoms. The molecule has 0 N–H and O–H groups in total. The lowest BCUT2D eigenvalue weighted by Gasteiger charge is -2.54. The standard InChI is InChI=1S/C12H23N.C2H6/c1-6-10-7-11(12(10,3)4)9(2)8-13-5;1-2/h9-11H,5-8H2,1-4H3;1-2H3/t9-,10-,11-;/m1./s1. The van der Waals surface area contributed by atoms with Crippen LogP contribution in [0.4, 0.5) is 0 Å². The van der Waals surface area contributed by atoms with Gasteiger partial charge in [-0.2, -0.15) is 0 Å². The molecular formula is C14H29N. The van der Waals surface area contributed by atoms with E-state index in [1.54, 1.807) is 0 Å². The van der Waals surface area contributed by atoms with Crippen molar-refractivity contribution in [2.75, 3.05) is 6.54 Å². The first-order chi connectivity index (χ1) is 7.04. The van der Waals surface area contributed by atoms with Gasteiger partial charge in [-0.3, -0.25) is 0 Å². The molecule has 1 heteroatoms. The molecule has 0 aromatic rings. The van der Waals surface area contributed by atoms with Crippen LogP contribution in [0.25, 0.3) is 0 Å². The maximum Gasteiger partial charge on any atom is 0.0410 e. The summed E-state index contributed by atoms with van der Waals surface area (Å²) < 4.78 is 0. The summed E-state index contributed by atoms with van der Waals surface area (Å²) in [7, 11) is 0. The average Bonchev–Trinajstić information content (AvgIpc) is 2.20. The SMILES string of the molecule is C=NC[C@@H](C)[C@H]1C[C@@H](CC)C1(C)C.CC. The van der Waals surface area contributed by atoms with E-state index >= 15 is 0 Å². The Morgan fingerprint density at radius 3 is 2.27 bits per heavy atom. The first-order valence-corrected chi connectivity index (χ1v) is 6.46. The second-order valence-corrected chi connectivity index (χ2v) is 5.15. The van der Waals surface area contributed by atoms with Gasteiger partial charge in [-0.1, -0.05) is 48.0 Å². The van der Waals surface area contributed by atoms with Gasteiger partial charge >= 0.3 is 0 Å². The minimum absolute atomic E-state index is 0.541. The van der Waals surface area contributed by atoms with Crippen molar-refractivity contribution in [3.63, 3.8) is 0 Å². The first kappa shape index (κ1) is 14.7. The van der Waals surface area contributed by atoms with Crippen LogP contribution in [0.3, 0.4) is 0 Å². The van der Waals surface area contributed by atoms with Gasteiger partial charge in [-0.05, 0) is 36.3 Å². The van der Waals surface area contributed by atoms with Gasteiger partial charge < -0.3 is 4.99 Å². The van der Waals surface area contributed by atoms with E-state index in [2.05, 4.69) is 39.4 Å². The fourth-order valence-electron chi connectivity index (χ4n) is 3.05. The molecule has 0 radical (unpaired) electrons. The smallest absolute Gasteiger partial charge is 0.0410 e. The number of rotatable bonds is 4. The Kier molecular flexibility index (Phi) is 6.16. The van der Waals surface area contributed by atoms with E-state index in [4.69, 9.17) is 0 Å². The van der Waals surface area contributed by atoms with E-state index in [0.717, 1.165) is 24.3 Å². The molecule has 0 aromatic carbocycles. The van der Waals surface area contributed by atoms with Crippen LogP contribution in [-0.2, 0) is 0 Å². The van der Waals surface area contributed by atoms with Crippen LogP contribution in [-0.4, -0.2) is 13.3 Å². The Balaban J connectivity index is 0.000000921. The van der Waals surface area contributed by atoms with Gasteiger partial charge in [0.1, 0.15) is 0 Å². The van der Waals surface area contributed by atoms with Crippen molar-refractivity contribution < 1.29 is 0 Å². The largest absolute Gasteiger partial charge is 0.301 e. The van der Waals surface area contributed by atoms with E-state index in [1.807, 2.05) is 13.8 Å². The van der Waals surface area contributed by atoms with Crippen molar-refractivity contribution in [1.29, 1.82) is 0 Å². The Morgan fingerprint density at radius 2 is 1.93 bits per heavy atom. The number of hydrogen-bond acceptors (Lipinski definition) is 1. The molecule has 0 saturated heterocycles. The fraction of sp³-hybridized carbons (Fsp3) is 0.929. The zero-order chi connectivity index (χ0) is 12.1. The third kappa shape index (κ3) is 3.06. The molecule has 0 aromatic heterocycles. The summed E-state index contributed by atoms with van der Waals surface area (Å²) in [6, 6.07) is 0. The second-order valence-electron chi connectivity index (χ2n) is 5.15. The summed E-state index contributed by atoms with van der Waals surface area (Å²) in [5.74, 6) is 2.52. The lowest BCUT2D eigenvalue weighted by Crippen LogP contribution is -2.48. The highest BCUT2D eigenvalue weighted by Gasteiger charge is 2.48.